The SMILES string of the molecule is CCC1CN(C)CCCN1C(=O)C1(C(N)=S)CC1. The van der Waals surface area contributed by atoms with Crippen LogP contribution in [-0.4, -0.2) is 53.4 Å². The van der Waals surface area contributed by atoms with E-state index in [9.17, 15) is 4.79 Å². The number of hydrogen-bond acceptors (Lipinski definition) is 3. The zero-order chi connectivity index (χ0) is 13.3. The van der Waals surface area contributed by atoms with Crippen LogP contribution in [0.25, 0.3) is 0 Å². The van der Waals surface area contributed by atoms with Crippen molar-refractivity contribution in [1.29, 1.82) is 0 Å². The first-order chi connectivity index (χ1) is 8.51. The third kappa shape index (κ3) is 2.38. The highest BCUT2D eigenvalue weighted by Gasteiger charge is 2.55. The van der Waals surface area contributed by atoms with Crippen molar-refractivity contribution in [1.82, 2.24) is 9.80 Å². The first kappa shape index (κ1) is 13.7. The molecule has 102 valence electrons. The number of rotatable bonds is 3. The van der Waals surface area contributed by atoms with Crippen LogP contribution in [0, 0.1) is 5.41 Å². The molecule has 1 amide bonds. The molecule has 1 heterocycles. The van der Waals surface area contributed by atoms with Crippen molar-refractivity contribution < 1.29 is 4.79 Å². The first-order valence-corrected chi connectivity index (χ1v) is 7.21. The molecule has 1 atom stereocenters. The van der Waals surface area contributed by atoms with Crippen LogP contribution in [0.5, 0.6) is 0 Å². The standard InChI is InChI=1S/C13H23N3OS/c1-3-10-9-15(2)7-4-8-16(10)12(17)13(5-6-13)11(14)18/h10H,3-9H2,1-2H3,(H2,14,18). The van der Waals surface area contributed by atoms with Crippen molar-refractivity contribution in [3.63, 3.8) is 0 Å². The van der Waals surface area contributed by atoms with Gasteiger partial charge in [-0.3, -0.25) is 4.79 Å². The van der Waals surface area contributed by atoms with Crippen LogP contribution in [0.4, 0.5) is 0 Å². The average Bonchev–Trinajstić information content (AvgIpc) is 3.12. The van der Waals surface area contributed by atoms with Crippen LogP contribution < -0.4 is 5.73 Å². The Balaban J connectivity index is 2.15. The van der Waals surface area contributed by atoms with Crippen molar-refractivity contribution in [2.75, 3.05) is 26.7 Å². The van der Waals surface area contributed by atoms with Gasteiger partial charge in [0.1, 0.15) is 0 Å². The molecule has 4 nitrogen and oxygen atoms in total. The van der Waals surface area contributed by atoms with Gasteiger partial charge >= 0.3 is 0 Å². The van der Waals surface area contributed by atoms with E-state index in [2.05, 4.69) is 18.9 Å². The summed E-state index contributed by atoms with van der Waals surface area (Å²) in [5.74, 6) is 0.178. The maximum atomic E-state index is 12.7. The fourth-order valence-corrected chi connectivity index (χ4v) is 3.12. The minimum absolute atomic E-state index is 0.178. The Bertz CT molecular complexity index is 354. The molecule has 0 radical (unpaired) electrons. The second kappa shape index (κ2) is 5.13. The normalized spacial score (nSPS) is 27.7. The Hall–Kier alpha value is -0.680. The Morgan fingerprint density at radius 2 is 2.11 bits per heavy atom. The number of hydrogen-bond donors (Lipinski definition) is 1. The summed E-state index contributed by atoms with van der Waals surface area (Å²) >= 11 is 5.09. The summed E-state index contributed by atoms with van der Waals surface area (Å²) in [5.41, 5.74) is 5.27. The molecule has 0 aromatic rings. The van der Waals surface area contributed by atoms with Gasteiger partial charge in [0.25, 0.3) is 0 Å². The second-order valence-electron chi connectivity index (χ2n) is 5.62. The lowest BCUT2D eigenvalue weighted by Crippen LogP contribution is -2.49. The van der Waals surface area contributed by atoms with Crippen LogP contribution in [0.1, 0.15) is 32.6 Å². The highest BCUT2D eigenvalue weighted by atomic mass is 32.1. The lowest BCUT2D eigenvalue weighted by atomic mass is 10.0. The van der Waals surface area contributed by atoms with Gasteiger partial charge in [-0.1, -0.05) is 19.1 Å². The molecule has 2 rings (SSSR count). The Morgan fingerprint density at radius 1 is 1.44 bits per heavy atom. The van der Waals surface area contributed by atoms with E-state index in [-0.39, 0.29) is 5.91 Å². The molecular weight excluding hydrogens is 246 g/mol. The predicted molar refractivity (Wildman–Crippen MR) is 76.4 cm³/mol. The zero-order valence-corrected chi connectivity index (χ0v) is 12.1. The van der Waals surface area contributed by atoms with Crippen molar-refractivity contribution >= 4 is 23.1 Å². The molecule has 1 aliphatic carbocycles. The summed E-state index contributed by atoms with van der Waals surface area (Å²) in [7, 11) is 2.12. The Labute approximate surface area is 114 Å². The molecule has 0 spiro atoms. The average molecular weight is 269 g/mol. The van der Waals surface area contributed by atoms with Crippen LogP contribution in [-0.2, 0) is 4.79 Å². The van der Waals surface area contributed by atoms with Crippen molar-refractivity contribution in [3.05, 3.63) is 0 Å². The molecule has 2 N–H and O–H groups in total. The number of carbonyl (C=O) groups is 1. The number of thiocarbonyl (C=S) groups is 1. The van der Waals surface area contributed by atoms with Crippen molar-refractivity contribution in [2.45, 2.75) is 38.6 Å². The minimum atomic E-state index is -0.494. The van der Waals surface area contributed by atoms with E-state index in [4.69, 9.17) is 18.0 Å². The summed E-state index contributed by atoms with van der Waals surface area (Å²) in [6, 6.07) is 0.303. The third-order valence-electron chi connectivity index (χ3n) is 4.27. The third-order valence-corrected chi connectivity index (χ3v) is 4.66. The number of nitrogens with zero attached hydrogens (tertiary/aromatic N) is 2. The molecule has 2 fully saturated rings. The van der Waals surface area contributed by atoms with E-state index >= 15 is 0 Å². The molecular formula is C13H23N3OS. The van der Waals surface area contributed by atoms with Gasteiger partial charge in [0.05, 0.1) is 10.4 Å². The number of likely N-dealkylation sites (N-methyl/N-ethyl adjacent to an activating group) is 1. The van der Waals surface area contributed by atoms with Crippen LogP contribution in [0.2, 0.25) is 0 Å². The summed E-state index contributed by atoms with van der Waals surface area (Å²) in [4.78, 5) is 17.4. The lowest BCUT2D eigenvalue weighted by molar-refractivity contribution is -0.136. The van der Waals surface area contributed by atoms with Gasteiger partial charge in [-0.15, -0.1) is 0 Å². The summed E-state index contributed by atoms with van der Waals surface area (Å²) in [5, 5.41) is 0. The maximum absolute atomic E-state index is 12.7. The largest absolute Gasteiger partial charge is 0.392 e. The van der Waals surface area contributed by atoms with Gasteiger partial charge in [0.2, 0.25) is 5.91 Å². The van der Waals surface area contributed by atoms with E-state index in [1.54, 1.807) is 0 Å². The lowest BCUT2D eigenvalue weighted by Gasteiger charge is -2.33. The summed E-state index contributed by atoms with van der Waals surface area (Å²) < 4.78 is 0. The number of amides is 1. The number of carbonyl (C=O) groups excluding carboxylic acids is 1. The van der Waals surface area contributed by atoms with Gasteiger partial charge in [-0.2, -0.15) is 0 Å². The molecule has 2 aliphatic rings. The van der Waals surface area contributed by atoms with Crippen molar-refractivity contribution in [2.24, 2.45) is 11.1 Å². The van der Waals surface area contributed by atoms with E-state index in [1.807, 2.05) is 4.90 Å². The quantitative estimate of drug-likeness (QED) is 0.777. The molecule has 5 heteroatoms. The van der Waals surface area contributed by atoms with Gasteiger partial charge in [0, 0.05) is 19.1 Å². The first-order valence-electron chi connectivity index (χ1n) is 6.81. The zero-order valence-electron chi connectivity index (χ0n) is 11.3. The fraction of sp³-hybridized carbons (Fsp3) is 0.846. The second-order valence-corrected chi connectivity index (χ2v) is 6.06. The number of nitrogens with two attached hydrogens (primary N) is 1. The van der Waals surface area contributed by atoms with Crippen LogP contribution in [0.3, 0.4) is 0 Å². The van der Waals surface area contributed by atoms with Gasteiger partial charge in [0.15, 0.2) is 0 Å². The van der Waals surface area contributed by atoms with Gasteiger partial charge < -0.3 is 15.5 Å². The molecule has 18 heavy (non-hydrogen) atoms. The maximum Gasteiger partial charge on any atom is 0.235 e. The fourth-order valence-electron chi connectivity index (χ4n) is 2.83. The Kier molecular flexibility index (Phi) is 3.92. The molecule has 1 aliphatic heterocycles. The summed E-state index contributed by atoms with van der Waals surface area (Å²) in [6.07, 6.45) is 3.70. The molecule has 1 saturated heterocycles. The van der Waals surface area contributed by atoms with E-state index in [0.717, 1.165) is 45.3 Å². The molecule has 1 unspecified atom stereocenters. The molecule has 0 aromatic heterocycles. The molecule has 0 bridgehead atoms. The minimum Gasteiger partial charge on any atom is -0.392 e. The summed E-state index contributed by atoms with van der Waals surface area (Å²) in [6.45, 7) is 4.99. The van der Waals surface area contributed by atoms with Crippen molar-refractivity contribution in [3.8, 4) is 0 Å². The smallest absolute Gasteiger partial charge is 0.235 e. The Morgan fingerprint density at radius 3 is 2.61 bits per heavy atom. The van der Waals surface area contributed by atoms with Crippen LogP contribution in [0.15, 0.2) is 0 Å². The topological polar surface area (TPSA) is 49.6 Å². The monoisotopic (exact) mass is 269 g/mol. The predicted octanol–water partition coefficient (Wildman–Crippen LogP) is 0.995. The van der Waals surface area contributed by atoms with E-state index in [0.29, 0.717) is 11.0 Å². The van der Waals surface area contributed by atoms with Crippen LogP contribution >= 0.6 is 12.2 Å². The highest BCUT2D eigenvalue weighted by molar-refractivity contribution is 7.80. The molecule has 0 aromatic carbocycles. The van der Waals surface area contributed by atoms with E-state index in [1.165, 1.54) is 0 Å². The van der Waals surface area contributed by atoms with Gasteiger partial charge in [-0.05, 0) is 39.3 Å². The van der Waals surface area contributed by atoms with Gasteiger partial charge in [-0.25, -0.2) is 0 Å². The highest BCUT2D eigenvalue weighted by Crippen LogP contribution is 2.48. The van der Waals surface area contributed by atoms with E-state index < -0.39 is 5.41 Å². The molecule has 1 saturated carbocycles.